The highest BCUT2D eigenvalue weighted by Gasteiger charge is 2.03. The van der Waals surface area contributed by atoms with Crippen LogP contribution in [0, 0.1) is 17.7 Å². The Bertz CT molecular complexity index is 406. The number of hydrogen-bond donors (Lipinski definition) is 0. The van der Waals surface area contributed by atoms with Crippen LogP contribution in [0.5, 0.6) is 5.75 Å². The van der Waals surface area contributed by atoms with E-state index in [0.717, 1.165) is 12.8 Å². The number of hydrogen-bond acceptors (Lipinski definition) is 1. The topological polar surface area (TPSA) is 9.23 Å². The van der Waals surface area contributed by atoms with Crippen LogP contribution in [0.3, 0.4) is 0 Å². The van der Waals surface area contributed by atoms with E-state index >= 15 is 0 Å². The first-order valence-electron chi connectivity index (χ1n) is 5.75. The van der Waals surface area contributed by atoms with Gasteiger partial charge in [-0.05, 0) is 18.6 Å². The lowest BCUT2D eigenvalue weighted by molar-refractivity contribution is 0.307. The highest BCUT2D eigenvalue weighted by molar-refractivity contribution is 6.18. The second kappa shape index (κ2) is 7.97. The highest BCUT2D eigenvalue weighted by Crippen LogP contribution is 2.19. The van der Waals surface area contributed by atoms with Crippen molar-refractivity contribution in [2.45, 2.75) is 26.2 Å². The maximum atomic E-state index is 13.1. The van der Waals surface area contributed by atoms with Crippen molar-refractivity contribution in [1.29, 1.82) is 0 Å². The zero-order valence-electron chi connectivity index (χ0n) is 9.93. The lowest BCUT2D eigenvalue weighted by Gasteiger charge is -2.07. The minimum Gasteiger partial charge on any atom is -0.492 e. The van der Waals surface area contributed by atoms with Gasteiger partial charge in [-0.25, -0.2) is 4.39 Å². The molecule has 0 fully saturated rings. The molecule has 0 N–H and O–H groups in total. The average molecular weight is 255 g/mol. The predicted octanol–water partition coefficient (Wildman–Crippen LogP) is 3.99. The first-order chi connectivity index (χ1) is 8.27. The Labute approximate surface area is 107 Å². The van der Waals surface area contributed by atoms with Crippen molar-refractivity contribution >= 4 is 11.6 Å². The van der Waals surface area contributed by atoms with Gasteiger partial charge in [-0.2, -0.15) is 0 Å². The number of halogens is 2. The Morgan fingerprint density at radius 3 is 2.94 bits per heavy atom. The molecule has 0 bridgehead atoms. The van der Waals surface area contributed by atoms with Crippen LogP contribution >= 0.6 is 11.6 Å². The van der Waals surface area contributed by atoms with Gasteiger partial charge in [0, 0.05) is 18.4 Å². The van der Waals surface area contributed by atoms with Gasteiger partial charge in [0.15, 0.2) is 0 Å². The fourth-order valence-electron chi connectivity index (χ4n) is 1.25. The molecule has 0 heterocycles. The SMILES string of the molecule is CCCCOc1cc(F)ccc1C#CCCCl. The largest absolute Gasteiger partial charge is 0.492 e. The fraction of sp³-hybridized carbons (Fsp3) is 0.429. The molecule has 0 spiro atoms. The zero-order chi connectivity index (χ0) is 12.5. The molecule has 0 saturated heterocycles. The van der Waals surface area contributed by atoms with Crippen LogP contribution in [0.2, 0.25) is 0 Å². The number of alkyl halides is 1. The first kappa shape index (κ1) is 13.9. The molecule has 0 atom stereocenters. The van der Waals surface area contributed by atoms with Gasteiger partial charge in [-0.1, -0.05) is 25.2 Å². The molecule has 1 nitrogen and oxygen atoms in total. The second-order valence-corrected chi connectivity index (χ2v) is 3.96. The Morgan fingerprint density at radius 1 is 1.41 bits per heavy atom. The molecule has 0 unspecified atom stereocenters. The Balaban J connectivity index is 2.77. The maximum absolute atomic E-state index is 13.1. The molecule has 1 rings (SSSR count). The van der Waals surface area contributed by atoms with Crippen molar-refractivity contribution in [3.63, 3.8) is 0 Å². The summed E-state index contributed by atoms with van der Waals surface area (Å²) in [6.45, 7) is 2.67. The van der Waals surface area contributed by atoms with Crippen molar-refractivity contribution in [3.8, 4) is 17.6 Å². The van der Waals surface area contributed by atoms with Gasteiger partial charge < -0.3 is 4.74 Å². The summed E-state index contributed by atoms with van der Waals surface area (Å²) in [6.07, 6.45) is 2.61. The Hall–Kier alpha value is -1.20. The standard InChI is InChI=1S/C14H16ClFO/c1-2-3-10-17-14-11-13(16)8-7-12(14)6-4-5-9-15/h7-8,11H,2-3,5,9-10H2,1H3. The number of rotatable bonds is 5. The van der Waals surface area contributed by atoms with E-state index in [9.17, 15) is 4.39 Å². The monoisotopic (exact) mass is 254 g/mol. The van der Waals surface area contributed by atoms with Crippen LogP contribution in [0.15, 0.2) is 18.2 Å². The van der Waals surface area contributed by atoms with Crippen molar-refractivity contribution in [2.24, 2.45) is 0 Å². The number of ether oxygens (including phenoxy) is 1. The summed E-state index contributed by atoms with van der Waals surface area (Å²) in [6, 6.07) is 4.40. The highest BCUT2D eigenvalue weighted by atomic mass is 35.5. The lowest BCUT2D eigenvalue weighted by atomic mass is 10.2. The van der Waals surface area contributed by atoms with Crippen molar-refractivity contribution < 1.29 is 9.13 Å². The molecule has 17 heavy (non-hydrogen) atoms. The molecule has 1 aromatic carbocycles. The van der Waals surface area contributed by atoms with E-state index in [4.69, 9.17) is 16.3 Å². The quantitative estimate of drug-likeness (QED) is 0.439. The average Bonchev–Trinajstić information content (AvgIpc) is 2.32. The summed E-state index contributed by atoms with van der Waals surface area (Å²) >= 11 is 5.54. The molecule has 0 aliphatic heterocycles. The summed E-state index contributed by atoms with van der Waals surface area (Å²) in [7, 11) is 0. The lowest BCUT2D eigenvalue weighted by Crippen LogP contribution is -1.99. The summed E-state index contributed by atoms with van der Waals surface area (Å²) in [5.74, 6) is 6.57. The normalized spacial score (nSPS) is 9.59. The first-order valence-corrected chi connectivity index (χ1v) is 6.28. The van der Waals surface area contributed by atoms with E-state index in [1.54, 1.807) is 6.07 Å². The van der Waals surface area contributed by atoms with E-state index in [0.29, 0.717) is 30.2 Å². The maximum Gasteiger partial charge on any atom is 0.137 e. The third-order valence-corrected chi connectivity index (χ3v) is 2.33. The minimum atomic E-state index is -0.306. The van der Waals surface area contributed by atoms with Crippen molar-refractivity contribution in [2.75, 3.05) is 12.5 Å². The molecular weight excluding hydrogens is 239 g/mol. The molecule has 92 valence electrons. The molecule has 0 aromatic heterocycles. The van der Waals surface area contributed by atoms with Crippen LogP contribution in [-0.4, -0.2) is 12.5 Å². The third-order valence-electron chi connectivity index (χ3n) is 2.14. The number of benzene rings is 1. The molecule has 0 aliphatic carbocycles. The molecule has 0 saturated carbocycles. The van der Waals surface area contributed by atoms with E-state index in [2.05, 4.69) is 18.8 Å². The minimum absolute atomic E-state index is 0.306. The van der Waals surface area contributed by atoms with Gasteiger partial charge in [0.1, 0.15) is 11.6 Å². The molecular formula is C14H16ClFO. The van der Waals surface area contributed by atoms with Gasteiger partial charge in [0.25, 0.3) is 0 Å². The van der Waals surface area contributed by atoms with Crippen LogP contribution in [0.1, 0.15) is 31.7 Å². The van der Waals surface area contributed by atoms with Crippen LogP contribution in [-0.2, 0) is 0 Å². The van der Waals surface area contributed by atoms with Crippen LogP contribution < -0.4 is 4.74 Å². The predicted molar refractivity (Wildman–Crippen MR) is 69.0 cm³/mol. The summed E-state index contributed by atoms with van der Waals surface area (Å²) in [5, 5.41) is 0. The van der Waals surface area contributed by atoms with Gasteiger partial charge >= 0.3 is 0 Å². The molecule has 3 heteroatoms. The second-order valence-electron chi connectivity index (χ2n) is 3.58. The van der Waals surface area contributed by atoms with Crippen LogP contribution in [0.4, 0.5) is 4.39 Å². The fourth-order valence-corrected chi connectivity index (χ4v) is 1.34. The molecule has 0 aliphatic rings. The number of unbranched alkanes of at least 4 members (excludes halogenated alkanes) is 1. The summed E-state index contributed by atoms with van der Waals surface area (Å²) in [4.78, 5) is 0. The van der Waals surface area contributed by atoms with Gasteiger partial charge in [-0.3, -0.25) is 0 Å². The van der Waals surface area contributed by atoms with Crippen molar-refractivity contribution in [1.82, 2.24) is 0 Å². The van der Waals surface area contributed by atoms with E-state index in [1.807, 2.05) is 0 Å². The Kier molecular flexibility index (Phi) is 6.50. The van der Waals surface area contributed by atoms with Gasteiger partial charge in [-0.15, -0.1) is 11.6 Å². The summed E-state index contributed by atoms with van der Waals surface area (Å²) in [5.41, 5.74) is 0.715. The summed E-state index contributed by atoms with van der Waals surface area (Å²) < 4.78 is 18.6. The van der Waals surface area contributed by atoms with Crippen molar-refractivity contribution in [3.05, 3.63) is 29.6 Å². The van der Waals surface area contributed by atoms with Crippen LogP contribution in [0.25, 0.3) is 0 Å². The van der Waals surface area contributed by atoms with Gasteiger partial charge in [0.05, 0.1) is 12.2 Å². The van der Waals surface area contributed by atoms with Gasteiger partial charge in [0.2, 0.25) is 0 Å². The third kappa shape index (κ3) is 5.10. The Morgan fingerprint density at radius 2 is 2.24 bits per heavy atom. The molecule has 0 amide bonds. The molecule has 0 radical (unpaired) electrons. The van der Waals surface area contributed by atoms with E-state index < -0.39 is 0 Å². The van der Waals surface area contributed by atoms with E-state index in [1.165, 1.54) is 12.1 Å². The zero-order valence-corrected chi connectivity index (χ0v) is 10.7. The smallest absolute Gasteiger partial charge is 0.137 e. The molecule has 1 aromatic rings. The van der Waals surface area contributed by atoms with E-state index in [-0.39, 0.29) is 5.82 Å².